The number of phenols is 34. The van der Waals surface area contributed by atoms with E-state index < -0.39 is 196 Å². The van der Waals surface area contributed by atoms with E-state index in [0.717, 1.165) is 121 Å². The number of carbonyl (C=O) groups is 7. The molecule has 34 N–H and O–H groups in total. The van der Waals surface area contributed by atoms with Gasteiger partial charge in [-0.05, 0) is 285 Å². The predicted molar refractivity (Wildman–Crippen MR) is 512 cm³/mol. The first-order chi connectivity index (χ1) is 65.2. The summed E-state index contributed by atoms with van der Waals surface area (Å²) in [6.45, 7) is 0. The Labute approximate surface area is 847 Å². The Morgan fingerprint density at radius 1 is 0.136 bits per heavy atom. The van der Waals surface area contributed by atoms with Crippen LogP contribution in [-0.2, 0) is 0 Å². The van der Waals surface area contributed by atoms with E-state index in [4.69, 9.17) is 20.4 Å². The van der Waals surface area contributed by atoms with Gasteiger partial charge in [-0.15, -0.1) is 0 Å². The number of rotatable bonds is 14. The number of benzene rings is 14. The summed E-state index contributed by atoms with van der Waals surface area (Å²) in [5.41, 5.74) is -0.655. The van der Waals surface area contributed by atoms with Gasteiger partial charge in [0.15, 0.2) is 213 Å². The first kappa shape index (κ1) is 109. The molecule has 0 aliphatic carbocycles. The Balaban J connectivity index is 0.000000200. The molecule has 0 bridgehead atoms. The molecule has 14 aromatic carbocycles. The first-order valence-corrected chi connectivity index (χ1v) is 43.6. The van der Waals surface area contributed by atoms with E-state index in [1.807, 2.05) is 0 Å². The zero-order valence-electron chi connectivity index (χ0n) is 68.8. The normalized spacial score (nSPS) is 10.5. The Bertz CT molecular complexity index is 7080. The third-order valence-corrected chi connectivity index (χ3v) is 25.0. The van der Waals surface area contributed by atoms with Crippen LogP contribution in [0.15, 0.2) is 206 Å². The SMILES string of the molecule is O=C(c1cc(O)c(O)c(O)c1)c1cc(O)c(O)cc1O.O=C(c1cc(O)c(O)c(O)c1Br)c1cc(O)c(O)c(Br)c1Br.O=C(c1cc(O)c(O)cc1Br)c1cc(O)c(O)cc1Br.O=C(c1ccc(O)c(O)c1)c1c(Br)c(O)c(O)c(O)c1Br.O=C(c1ccc(O)c(O)c1)c1cc(O)c(O)c(O)c1.O=C(c1ccc(O)c(O)c1)c1cc(O)c(O)cc1Br.O=C(c1ccc(O)c(O)c1)c1cc(O)c(O)cc1O. The van der Waals surface area contributed by atoms with Crippen LogP contribution in [0.5, 0.6) is 195 Å². The van der Waals surface area contributed by atoms with Crippen molar-refractivity contribution in [3.8, 4) is 195 Å². The van der Waals surface area contributed by atoms with Crippen LogP contribution in [-0.4, -0.2) is 214 Å². The van der Waals surface area contributed by atoms with Crippen molar-refractivity contribution in [3.05, 3.63) is 284 Å². The lowest BCUT2D eigenvalue weighted by molar-refractivity contribution is 0.102. The molecule has 41 nitrogen and oxygen atoms in total. The van der Waals surface area contributed by atoms with Crippen LogP contribution in [0, 0.1) is 0 Å². The highest BCUT2D eigenvalue weighted by molar-refractivity contribution is 9.13. The lowest BCUT2D eigenvalue weighted by atomic mass is 10.0. The highest BCUT2D eigenvalue weighted by atomic mass is 79.9. The number of ketones is 7. The molecule has 0 aliphatic rings. The highest BCUT2D eigenvalue weighted by Gasteiger charge is 2.31. The van der Waals surface area contributed by atoms with Gasteiger partial charge in [-0.3, -0.25) is 33.6 Å². The van der Waals surface area contributed by atoms with Crippen molar-refractivity contribution < 1.29 is 207 Å². The summed E-state index contributed by atoms with van der Waals surface area (Å²) < 4.78 is 0.758. The number of carbonyl (C=O) groups excluding carboxylic acids is 7. The van der Waals surface area contributed by atoms with Crippen LogP contribution in [0.3, 0.4) is 0 Å². The molecular formula is C91H62Br8O41. The van der Waals surface area contributed by atoms with Crippen molar-refractivity contribution in [1.82, 2.24) is 0 Å². The summed E-state index contributed by atoms with van der Waals surface area (Å²) in [5, 5.41) is 319. The third kappa shape index (κ3) is 24.8. The molecular weight excluding hydrogens is 2390 g/mol. The topological polar surface area (TPSA) is 807 Å². The molecule has 0 amide bonds. The second-order valence-corrected chi connectivity index (χ2v) is 34.5. The smallest absolute Gasteiger partial charge is 0.202 e. The van der Waals surface area contributed by atoms with E-state index >= 15 is 0 Å². The maximum Gasteiger partial charge on any atom is 0.202 e. The molecule has 0 atom stereocenters. The van der Waals surface area contributed by atoms with Gasteiger partial charge in [0, 0.05) is 91.2 Å². The minimum absolute atomic E-state index is 0.00990. The molecule has 0 saturated heterocycles. The lowest BCUT2D eigenvalue weighted by Gasteiger charge is -2.12. The van der Waals surface area contributed by atoms with Crippen molar-refractivity contribution in [2.75, 3.05) is 0 Å². The Hall–Kier alpha value is -16.2. The van der Waals surface area contributed by atoms with Crippen LogP contribution in [0.4, 0.5) is 0 Å². The molecule has 0 unspecified atom stereocenters. The van der Waals surface area contributed by atoms with Crippen LogP contribution in [0.1, 0.15) is 111 Å². The summed E-state index contributed by atoms with van der Waals surface area (Å²) in [6.07, 6.45) is 0. The van der Waals surface area contributed by atoms with Gasteiger partial charge in [-0.25, -0.2) is 0 Å². The van der Waals surface area contributed by atoms with Crippen LogP contribution in [0.2, 0.25) is 0 Å². The van der Waals surface area contributed by atoms with E-state index in [1.165, 1.54) is 48.5 Å². The molecule has 14 rings (SSSR count). The van der Waals surface area contributed by atoms with Gasteiger partial charge in [0.1, 0.15) is 11.5 Å². The van der Waals surface area contributed by atoms with E-state index in [1.54, 1.807) is 0 Å². The zero-order chi connectivity index (χ0) is 105. The quantitative estimate of drug-likeness (QED) is 0.0273. The second kappa shape index (κ2) is 45.2. The van der Waals surface area contributed by atoms with E-state index in [0.29, 0.717) is 4.47 Å². The van der Waals surface area contributed by atoms with Crippen molar-refractivity contribution in [3.63, 3.8) is 0 Å². The summed E-state index contributed by atoms with van der Waals surface area (Å²) in [6, 6.07) is 30.0. The fourth-order valence-electron chi connectivity index (χ4n) is 11.3. The molecule has 49 heteroatoms. The van der Waals surface area contributed by atoms with Gasteiger partial charge in [-0.2, -0.15) is 0 Å². The fraction of sp³-hybridized carbons (Fsp3) is 0. The van der Waals surface area contributed by atoms with Gasteiger partial charge in [-0.1, -0.05) is 0 Å². The average Bonchev–Trinajstić information content (AvgIpc) is 0.773. The van der Waals surface area contributed by atoms with Crippen molar-refractivity contribution >= 4 is 168 Å². The number of hydrogen-bond acceptors (Lipinski definition) is 41. The van der Waals surface area contributed by atoms with Crippen molar-refractivity contribution in [2.45, 2.75) is 0 Å². The molecule has 0 spiro atoms. The number of phenolic OH excluding ortho intramolecular Hbond substituents is 34. The molecule has 0 aliphatic heterocycles. The molecule has 728 valence electrons. The predicted octanol–water partition coefficient (Wildman–Crippen LogP) is 16.5. The van der Waals surface area contributed by atoms with Gasteiger partial charge >= 0.3 is 0 Å². The largest absolute Gasteiger partial charge is 0.507 e. The Kier molecular flexibility index (Phi) is 35.2. The lowest BCUT2D eigenvalue weighted by Crippen LogP contribution is -2.04. The summed E-state index contributed by atoms with van der Waals surface area (Å²) >= 11 is 24.4. The molecule has 0 aromatic heterocycles. The molecule has 0 radical (unpaired) electrons. The third-order valence-electron chi connectivity index (χ3n) is 18.6. The maximum absolute atomic E-state index is 12.5. The van der Waals surface area contributed by atoms with E-state index in [9.17, 15) is 187 Å². The summed E-state index contributed by atoms with van der Waals surface area (Å²) in [4.78, 5) is 85.7. The van der Waals surface area contributed by atoms with Gasteiger partial charge in [0.2, 0.25) is 11.5 Å². The molecule has 14 aromatic rings. The Morgan fingerprint density at radius 2 is 0.350 bits per heavy atom. The van der Waals surface area contributed by atoms with Crippen LogP contribution < -0.4 is 0 Å². The van der Waals surface area contributed by atoms with Gasteiger partial charge in [0.25, 0.3) is 0 Å². The molecule has 0 heterocycles. The van der Waals surface area contributed by atoms with Crippen LogP contribution >= 0.6 is 127 Å². The monoisotopic (exact) mass is 2440 g/mol. The maximum atomic E-state index is 12.5. The number of halogens is 8. The molecule has 140 heavy (non-hydrogen) atoms. The van der Waals surface area contributed by atoms with Crippen LogP contribution in [0.25, 0.3) is 0 Å². The Morgan fingerprint density at radius 3 is 0.679 bits per heavy atom. The molecule has 0 saturated carbocycles. The number of aromatic hydroxyl groups is 34. The molecule has 0 fully saturated rings. The standard InChI is InChI=1S/C13H7Br3O6.C13H8Br2O6.C13H8Br2O5.C13H9BrO5.C13H10O7.2C13H10O6/c14-7-3(1-5(17)11(20)9(7)16)10(19)4-2-6(18)12(21)13(22)8(4)15;14-8-7(9(15)12(20)13(21)11(8)19)10(18)4-1-2-5(16)6(17)3-4;14-7-3-11(18)9(16)1-5(7)13(20)6-2-10(17)12(19)4-8(6)15;14-8-5-12(18)11(17)4-7(8)13(19)6-1-2-9(15)10(16)3-6;14-7-4-9(16)8(15)3-6(7)12(19)5-1-10(17)13(20)11(18)2-5;14-8-2-1-6(3-10(8)16)13(19)7-4-11(17)12(18)5-9(7)15;14-8-2-1-6(3-9(8)15)12(18)7-4-10(16)13(19)11(17)5-7/h1-2,17-18,20-22H;1-3,16-17,19-21H;1-4,16-19H;1-5,15-18H;1-4,14-18,20H;1-5,14-18H;1-5,14-17,19H. The van der Waals surface area contributed by atoms with E-state index in [2.05, 4.69) is 127 Å². The van der Waals surface area contributed by atoms with Gasteiger partial charge < -0.3 is 174 Å². The summed E-state index contributed by atoms with van der Waals surface area (Å²) in [5.74, 6) is -23.0. The fourth-order valence-corrected chi connectivity index (χ4v) is 15.6. The van der Waals surface area contributed by atoms with Gasteiger partial charge in [0.05, 0.1) is 34.6 Å². The van der Waals surface area contributed by atoms with Crippen molar-refractivity contribution in [2.24, 2.45) is 0 Å². The second-order valence-electron chi connectivity index (χ2n) is 27.9. The minimum Gasteiger partial charge on any atom is -0.507 e. The number of hydrogen-bond donors (Lipinski definition) is 34. The summed E-state index contributed by atoms with van der Waals surface area (Å²) in [7, 11) is 0. The minimum atomic E-state index is -0.830. The van der Waals surface area contributed by atoms with E-state index in [-0.39, 0.29) is 149 Å². The average molecular weight is 2450 g/mol. The zero-order valence-corrected chi connectivity index (χ0v) is 81.4. The first-order valence-electron chi connectivity index (χ1n) is 37.2. The van der Waals surface area contributed by atoms with Crippen molar-refractivity contribution in [1.29, 1.82) is 0 Å². The highest BCUT2D eigenvalue weighted by Crippen LogP contribution is 2.52.